The van der Waals surface area contributed by atoms with Crippen LogP contribution in [0.3, 0.4) is 0 Å². The van der Waals surface area contributed by atoms with Crippen LogP contribution in [-0.4, -0.2) is 22.3 Å². The molecule has 21 heavy (non-hydrogen) atoms. The highest BCUT2D eigenvalue weighted by molar-refractivity contribution is 9.10. The Hall–Kier alpha value is -2.16. The van der Waals surface area contributed by atoms with E-state index in [2.05, 4.69) is 30.6 Å². The molecule has 2 rings (SSSR count). The minimum Gasteiger partial charge on any atom is -0.543 e. The molecule has 1 aromatic carbocycles. The summed E-state index contributed by atoms with van der Waals surface area (Å²) in [5.41, 5.74) is 0.145. The highest BCUT2D eigenvalue weighted by Crippen LogP contribution is 2.28. The van der Waals surface area contributed by atoms with Crippen molar-refractivity contribution in [2.24, 2.45) is 0 Å². The Morgan fingerprint density at radius 1 is 1.24 bits per heavy atom. The predicted molar refractivity (Wildman–Crippen MR) is 66.2 cm³/mol. The van der Waals surface area contributed by atoms with Crippen molar-refractivity contribution in [3.8, 4) is 17.0 Å². The van der Waals surface area contributed by atoms with Gasteiger partial charge in [0.25, 0.3) is 0 Å². The molecular formula is C12H5BrF3N2O3-. The number of hydrogen-bond acceptors (Lipinski definition) is 5. The smallest absolute Gasteiger partial charge is 0.543 e. The maximum absolute atomic E-state index is 12.0. The zero-order valence-corrected chi connectivity index (χ0v) is 11.6. The summed E-state index contributed by atoms with van der Waals surface area (Å²) in [6.45, 7) is 0. The van der Waals surface area contributed by atoms with Gasteiger partial charge in [-0.05, 0) is 40.2 Å². The summed E-state index contributed by atoms with van der Waals surface area (Å²) < 4.78 is 40.1. The number of nitrogens with zero attached hydrogens (tertiary/aromatic N) is 2. The summed E-state index contributed by atoms with van der Waals surface area (Å²) in [5.74, 6) is -1.90. The third kappa shape index (κ3) is 3.91. The van der Waals surface area contributed by atoms with E-state index in [-0.39, 0.29) is 16.0 Å². The predicted octanol–water partition coefficient (Wildman–Crippen LogP) is 2.17. The molecule has 9 heteroatoms. The van der Waals surface area contributed by atoms with Crippen LogP contribution >= 0.6 is 15.9 Å². The average Bonchev–Trinajstić information content (AvgIpc) is 2.38. The van der Waals surface area contributed by atoms with Crippen molar-refractivity contribution in [2.45, 2.75) is 6.36 Å². The van der Waals surface area contributed by atoms with Gasteiger partial charge in [-0.2, -0.15) is 0 Å². The fraction of sp³-hybridized carbons (Fsp3) is 0.0833. The van der Waals surface area contributed by atoms with E-state index in [1.165, 1.54) is 12.1 Å². The normalized spacial score (nSPS) is 11.2. The molecule has 0 bridgehead atoms. The van der Waals surface area contributed by atoms with Crippen molar-refractivity contribution in [3.63, 3.8) is 0 Å². The molecule has 2 aromatic rings. The molecule has 0 radical (unpaired) electrons. The fourth-order valence-electron chi connectivity index (χ4n) is 1.47. The fourth-order valence-corrected chi connectivity index (χ4v) is 1.89. The number of ether oxygens (including phenoxy) is 1. The van der Waals surface area contributed by atoms with Gasteiger partial charge in [0.05, 0.1) is 12.2 Å². The number of carboxylic acid groups (broad SMARTS) is 1. The van der Waals surface area contributed by atoms with E-state index in [4.69, 9.17) is 0 Å². The van der Waals surface area contributed by atoms with Crippen LogP contribution in [0.15, 0.2) is 35.1 Å². The van der Waals surface area contributed by atoms with Crippen LogP contribution in [0.2, 0.25) is 0 Å². The van der Waals surface area contributed by atoms with Crippen LogP contribution in [0.5, 0.6) is 5.75 Å². The zero-order chi connectivity index (χ0) is 15.6. The number of carbonyl (C=O) groups excluding carboxylic acids is 1. The lowest BCUT2D eigenvalue weighted by Gasteiger charge is -2.10. The van der Waals surface area contributed by atoms with Gasteiger partial charge in [0, 0.05) is 5.56 Å². The van der Waals surface area contributed by atoms with Crippen molar-refractivity contribution in [1.82, 2.24) is 9.97 Å². The van der Waals surface area contributed by atoms with Crippen LogP contribution < -0.4 is 9.84 Å². The van der Waals surface area contributed by atoms with Crippen LogP contribution in [0.25, 0.3) is 11.3 Å². The van der Waals surface area contributed by atoms with Gasteiger partial charge in [0.2, 0.25) is 0 Å². The van der Waals surface area contributed by atoms with E-state index in [0.717, 1.165) is 18.3 Å². The second-order valence-electron chi connectivity index (χ2n) is 3.75. The van der Waals surface area contributed by atoms with Crippen LogP contribution in [0.1, 0.15) is 10.5 Å². The van der Waals surface area contributed by atoms with Crippen molar-refractivity contribution in [1.29, 1.82) is 0 Å². The summed E-state index contributed by atoms with van der Waals surface area (Å²) in [4.78, 5) is 18.3. The zero-order valence-electron chi connectivity index (χ0n) is 10.0. The minimum atomic E-state index is -4.78. The number of hydrogen-bond donors (Lipinski definition) is 0. The third-order valence-corrected chi connectivity index (χ3v) is 2.88. The van der Waals surface area contributed by atoms with Crippen LogP contribution in [-0.2, 0) is 0 Å². The van der Waals surface area contributed by atoms with Crippen molar-refractivity contribution >= 4 is 21.9 Å². The van der Waals surface area contributed by atoms with E-state index in [9.17, 15) is 23.1 Å². The molecule has 0 atom stereocenters. The molecule has 0 aliphatic carbocycles. The molecule has 1 heterocycles. The quantitative estimate of drug-likeness (QED) is 0.837. The number of benzene rings is 1. The van der Waals surface area contributed by atoms with E-state index in [1.54, 1.807) is 0 Å². The van der Waals surface area contributed by atoms with Crippen molar-refractivity contribution in [2.75, 3.05) is 0 Å². The van der Waals surface area contributed by atoms with Crippen molar-refractivity contribution in [3.05, 3.63) is 40.8 Å². The van der Waals surface area contributed by atoms with Crippen LogP contribution in [0.4, 0.5) is 13.2 Å². The Morgan fingerprint density at radius 2 is 1.86 bits per heavy atom. The van der Waals surface area contributed by atoms with Gasteiger partial charge in [-0.25, -0.2) is 9.97 Å². The molecular weight excluding hydrogens is 357 g/mol. The first-order chi connectivity index (χ1) is 9.76. The van der Waals surface area contributed by atoms with E-state index in [0.29, 0.717) is 5.56 Å². The topological polar surface area (TPSA) is 75.1 Å². The standard InChI is InChI=1S/C12H6BrF3N2O3/c13-10-9(18-8(5-17-10)11(19)20)6-1-3-7(4-2-6)21-12(14,15)16/h1-5H,(H,19,20)/p-1. The minimum absolute atomic E-state index is 0.162. The van der Waals surface area contributed by atoms with Crippen molar-refractivity contribution < 1.29 is 27.8 Å². The summed E-state index contributed by atoms with van der Waals surface area (Å²) in [6, 6.07) is 4.77. The maximum atomic E-state index is 12.0. The Balaban J connectivity index is 2.34. The van der Waals surface area contributed by atoms with Gasteiger partial charge in [0.15, 0.2) is 0 Å². The van der Waals surface area contributed by atoms with E-state index in [1.807, 2.05) is 0 Å². The summed E-state index contributed by atoms with van der Waals surface area (Å²) in [5, 5.41) is 10.7. The maximum Gasteiger partial charge on any atom is 0.573 e. The molecule has 5 nitrogen and oxygen atoms in total. The highest BCUT2D eigenvalue weighted by Gasteiger charge is 2.31. The van der Waals surface area contributed by atoms with E-state index < -0.39 is 18.1 Å². The second-order valence-corrected chi connectivity index (χ2v) is 4.51. The van der Waals surface area contributed by atoms with Gasteiger partial charge in [-0.1, -0.05) is 0 Å². The highest BCUT2D eigenvalue weighted by atomic mass is 79.9. The molecule has 1 aromatic heterocycles. The number of aromatic nitrogens is 2. The number of halogens is 4. The Kier molecular flexibility index (Phi) is 4.12. The molecule has 110 valence electrons. The molecule has 0 spiro atoms. The third-order valence-electron chi connectivity index (χ3n) is 2.30. The summed E-state index contributed by atoms with van der Waals surface area (Å²) in [6.07, 6.45) is -3.78. The number of alkyl halides is 3. The van der Waals surface area contributed by atoms with Crippen LogP contribution in [0, 0.1) is 0 Å². The first kappa shape index (κ1) is 15.2. The number of carbonyl (C=O) groups is 1. The van der Waals surface area contributed by atoms with Gasteiger partial charge in [-0.15, -0.1) is 13.2 Å². The molecule has 0 N–H and O–H groups in total. The van der Waals surface area contributed by atoms with Gasteiger partial charge >= 0.3 is 6.36 Å². The average molecular weight is 362 g/mol. The monoisotopic (exact) mass is 361 g/mol. The molecule has 0 fully saturated rings. The number of carboxylic acids is 1. The van der Waals surface area contributed by atoms with E-state index >= 15 is 0 Å². The Bertz CT molecular complexity index is 674. The summed E-state index contributed by atoms with van der Waals surface area (Å²) in [7, 11) is 0. The SMILES string of the molecule is O=C([O-])c1cnc(Br)c(-c2ccc(OC(F)(F)F)cc2)n1. The lowest BCUT2D eigenvalue weighted by atomic mass is 10.1. The molecule has 0 aliphatic rings. The largest absolute Gasteiger partial charge is 0.573 e. The number of aromatic carboxylic acids is 1. The second kappa shape index (κ2) is 5.68. The lowest BCUT2D eigenvalue weighted by molar-refractivity contribution is -0.274. The molecule has 0 aliphatic heterocycles. The van der Waals surface area contributed by atoms with Gasteiger partial charge < -0.3 is 14.6 Å². The van der Waals surface area contributed by atoms with Gasteiger partial charge in [0.1, 0.15) is 21.7 Å². The molecule has 0 saturated carbocycles. The first-order valence-electron chi connectivity index (χ1n) is 5.36. The summed E-state index contributed by atoms with van der Waals surface area (Å²) >= 11 is 3.09. The van der Waals surface area contributed by atoms with Gasteiger partial charge in [-0.3, -0.25) is 0 Å². The molecule has 0 saturated heterocycles. The first-order valence-corrected chi connectivity index (χ1v) is 6.15. The molecule has 0 amide bonds. The number of rotatable bonds is 3. The Labute approximate surface area is 124 Å². The molecule has 0 unspecified atom stereocenters. The lowest BCUT2D eigenvalue weighted by Crippen LogP contribution is -2.24. The Morgan fingerprint density at radius 3 is 2.38 bits per heavy atom.